The van der Waals surface area contributed by atoms with Crippen molar-refractivity contribution in [3.63, 3.8) is 0 Å². The number of piperazine rings is 1. The molecule has 1 amide bonds. The van der Waals surface area contributed by atoms with E-state index >= 15 is 0 Å². The molecule has 0 aliphatic carbocycles. The maximum atomic E-state index is 12.6. The van der Waals surface area contributed by atoms with Crippen molar-refractivity contribution in [1.82, 2.24) is 25.3 Å². The standard InChI is InChI=1S/C24H34N6O4/c1-32-19-3-4-20(22(17-19)33-2)21-5-6-23(27-26-21)29-9-11-30(12-10-29)24(31)18-25-7-8-28-13-15-34-16-14-28/h3-6,17,25H,7-16,18H2,1-2H3. The Morgan fingerprint density at radius 2 is 1.79 bits per heavy atom. The van der Waals surface area contributed by atoms with E-state index in [0.29, 0.717) is 25.4 Å². The number of methoxy groups -OCH3 is 2. The topological polar surface area (TPSA) is 92.3 Å². The Morgan fingerprint density at radius 3 is 2.47 bits per heavy atom. The number of hydrogen-bond donors (Lipinski definition) is 1. The van der Waals surface area contributed by atoms with E-state index in [-0.39, 0.29) is 5.91 Å². The number of morpholine rings is 1. The summed E-state index contributed by atoms with van der Waals surface area (Å²) in [6.07, 6.45) is 0. The number of rotatable bonds is 9. The van der Waals surface area contributed by atoms with Gasteiger partial charge in [0.05, 0.1) is 39.7 Å². The van der Waals surface area contributed by atoms with Crippen molar-refractivity contribution in [3.8, 4) is 22.8 Å². The average Bonchev–Trinajstić information content (AvgIpc) is 2.91. The van der Waals surface area contributed by atoms with Crippen LogP contribution in [0.4, 0.5) is 5.82 Å². The Balaban J connectivity index is 1.23. The first-order valence-corrected chi connectivity index (χ1v) is 11.8. The number of benzene rings is 1. The molecule has 0 unspecified atom stereocenters. The van der Waals surface area contributed by atoms with Gasteiger partial charge < -0.3 is 29.3 Å². The molecule has 1 aromatic heterocycles. The van der Waals surface area contributed by atoms with Crippen LogP contribution in [0.5, 0.6) is 11.5 Å². The van der Waals surface area contributed by atoms with Gasteiger partial charge in [-0.15, -0.1) is 10.2 Å². The third kappa shape index (κ3) is 6.13. The van der Waals surface area contributed by atoms with Crippen molar-refractivity contribution < 1.29 is 19.0 Å². The molecule has 184 valence electrons. The number of carbonyl (C=O) groups is 1. The molecular formula is C24H34N6O4. The van der Waals surface area contributed by atoms with Gasteiger partial charge in [-0.25, -0.2) is 0 Å². The fraction of sp³-hybridized carbons (Fsp3) is 0.542. The molecular weight excluding hydrogens is 436 g/mol. The van der Waals surface area contributed by atoms with Crippen molar-refractivity contribution in [3.05, 3.63) is 30.3 Å². The van der Waals surface area contributed by atoms with Crippen LogP contribution in [0.3, 0.4) is 0 Å². The Labute approximate surface area is 200 Å². The second-order valence-electron chi connectivity index (χ2n) is 8.34. The molecule has 3 heterocycles. The van der Waals surface area contributed by atoms with E-state index in [9.17, 15) is 4.79 Å². The SMILES string of the molecule is COc1ccc(-c2ccc(N3CCN(C(=O)CNCCN4CCOCC4)CC3)nn2)c(OC)c1. The molecule has 0 radical (unpaired) electrons. The van der Waals surface area contributed by atoms with Gasteiger partial charge in [0.1, 0.15) is 11.5 Å². The first kappa shape index (κ1) is 24.2. The van der Waals surface area contributed by atoms with Gasteiger partial charge in [-0.2, -0.15) is 0 Å². The van der Waals surface area contributed by atoms with Gasteiger partial charge in [-0.3, -0.25) is 9.69 Å². The summed E-state index contributed by atoms with van der Waals surface area (Å²) in [7, 11) is 3.25. The maximum absolute atomic E-state index is 12.6. The molecule has 0 bridgehead atoms. The summed E-state index contributed by atoms with van der Waals surface area (Å²) in [6.45, 7) is 8.50. The highest BCUT2D eigenvalue weighted by atomic mass is 16.5. The van der Waals surface area contributed by atoms with Crippen molar-refractivity contribution in [2.75, 3.05) is 91.2 Å². The van der Waals surface area contributed by atoms with Crippen molar-refractivity contribution in [2.45, 2.75) is 0 Å². The van der Waals surface area contributed by atoms with Crippen molar-refractivity contribution in [1.29, 1.82) is 0 Å². The molecule has 10 heteroatoms. The molecule has 1 N–H and O–H groups in total. The molecule has 2 aliphatic heterocycles. The van der Waals surface area contributed by atoms with E-state index in [2.05, 4.69) is 25.3 Å². The predicted molar refractivity (Wildman–Crippen MR) is 129 cm³/mol. The van der Waals surface area contributed by atoms with E-state index in [0.717, 1.165) is 75.3 Å². The molecule has 0 saturated carbocycles. The van der Waals surface area contributed by atoms with Gasteiger partial charge in [0, 0.05) is 64.0 Å². The number of carbonyl (C=O) groups excluding carboxylic acids is 1. The van der Waals surface area contributed by atoms with E-state index in [4.69, 9.17) is 14.2 Å². The lowest BCUT2D eigenvalue weighted by Crippen LogP contribution is -2.51. The zero-order valence-corrected chi connectivity index (χ0v) is 20.0. The van der Waals surface area contributed by atoms with Gasteiger partial charge in [-0.05, 0) is 24.3 Å². The Hall–Kier alpha value is -2.95. The first-order chi connectivity index (χ1) is 16.7. The molecule has 0 atom stereocenters. The summed E-state index contributed by atoms with van der Waals surface area (Å²) in [5.74, 6) is 2.37. The smallest absolute Gasteiger partial charge is 0.236 e. The van der Waals surface area contributed by atoms with Crippen molar-refractivity contribution >= 4 is 11.7 Å². The average molecular weight is 471 g/mol. The summed E-state index contributed by atoms with van der Waals surface area (Å²) in [4.78, 5) is 19.0. The molecule has 2 saturated heterocycles. The predicted octanol–water partition coefficient (Wildman–Crippen LogP) is 0.731. The lowest BCUT2D eigenvalue weighted by Gasteiger charge is -2.35. The molecule has 10 nitrogen and oxygen atoms in total. The van der Waals surface area contributed by atoms with Crippen LogP contribution in [0.1, 0.15) is 0 Å². The lowest BCUT2D eigenvalue weighted by atomic mass is 10.1. The fourth-order valence-electron chi connectivity index (χ4n) is 4.20. The first-order valence-electron chi connectivity index (χ1n) is 11.8. The van der Waals surface area contributed by atoms with Gasteiger partial charge in [0.25, 0.3) is 0 Å². The number of amides is 1. The highest BCUT2D eigenvalue weighted by molar-refractivity contribution is 5.78. The van der Waals surface area contributed by atoms with Gasteiger partial charge >= 0.3 is 0 Å². The lowest BCUT2D eigenvalue weighted by molar-refractivity contribution is -0.130. The van der Waals surface area contributed by atoms with E-state index < -0.39 is 0 Å². The molecule has 2 aliphatic rings. The van der Waals surface area contributed by atoms with Crippen LogP contribution in [-0.2, 0) is 9.53 Å². The molecule has 1 aromatic carbocycles. The third-order valence-corrected chi connectivity index (χ3v) is 6.28. The number of hydrogen-bond acceptors (Lipinski definition) is 9. The van der Waals surface area contributed by atoms with Crippen LogP contribution in [0.15, 0.2) is 30.3 Å². The second kappa shape index (κ2) is 12.0. The summed E-state index contributed by atoms with van der Waals surface area (Å²) in [6, 6.07) is 9.54. The van der Waals surface area contributed by atoms with Crippen LogP contribution < -0.4 is 19.7 Å². The number of aromatic nitrogens is 2. The molecule has 0 spiro atoms. The third-order valence-electron chi connectivity index (χ3n) is 6.28. The van der Waals surface area contributed by atoms with E-state index in [1.807, 2.05) is 35.2 Å². The Kier molecular flexibility index (Phi) is 8.51. The number of nitrogens with zero attached hydrogens (tertiary/aromatic N) is 5. The number of nitrogens with one attached hydrogen (secondary N) is 1. The molecule has 2 fully saturated rings. The van der Waals surface area contributed by atoms with Crippen LogP contribution in [0.25, 0.3) is 11.3 Å². The minimum atomic E-state index is 0.148. The number of ether oxygens (including phenoxy) is 3. The summed E-state index contributed by atoms with van der Waals surface area (Å²) in [5.41, 5.74) is 1.60. The quantitative estimate of drug-likeness (QED) is 0.533. The maximum Gasteiger partial charge on any atom is 0.236 e. The largest absolute Gasteiger partial charge is 0.497 e. The zero-order chi connectivity index (χ0) is 23.8. The highest BCUT2D eigenvalue weighted by Gasteiger charge is 2.22. The fourth-order valence-corrected chi connectivity index (χ4v) is 4.20. The van der Waals surface area contributed by atoms with Gasteiger partial charge in [0.15, 0.2) is 5.82 Å². The van der Waals surface area contributed by atoms with Crippen molar-refractivity contribution in [2.24, 2.45) is 0 Å². The Morgan fingerprint density at radius 1 is 1.00 bits per heavy atom. The molecule has 2 aromatic rings. The monoisotopic (exact) mass is 470 g/mol. The van der Waals surface area contributed by atoms with Crippen LogP contribution >= 0.6 is 0 Å². The molecule has 34 heavy (non-hydrogen) atoms. The minimum Gasteiger partial charge on any atom is -0.497 e. The summed E-state index contributed by atoms with van der Waals surface area (Å²) >= 11 is 0. The van der Waals surface area contributed by atoms with Crippen LogP contribution in [0.2, 0.25) is 0 Å². The Bertz CT molecular complexity index is 928. The van der Waals surface area contributed by atoms with E-state index in [1.54, 1.807) is 14.2 Å². The molecule has 4 rings (SSSR count). The zero-order valence-electron chi connectivity index (χ0n) is 20.0. The van der Waals surface area contributed by atoms with E-state index in [1.165, 1.54) is 0 Å². The van der Waals surface area contributed by atoms with Crippen LogP contribution in [0, 0.1) is 0 Å². The summed E-state index contributed by atoms with van der Waals surface area (Å²) in [5, 5.41) is 12.1. The number of anilines is 1. The highest BCUT2D eigenvalue weighted by Crippen LogP contribution is 2.32. The minimum absolute atomic E-state index is 0.148. The normalized spacial score (nSPS) is 17.0. The second-order valence-corrected chi connectivity index (χ2v) is 8.34. The van der Waals surface area contributed by atoms with Crippen LogP contribution in [-0.4, -0.2) is 112 Å². The summed E-state index contributed by atoms with van der Waals surface area (Å²) < 4.78 is 16.1. The van der Waals surface area contributed by atoms with Gasteiger partial charge in [-0.1, -0.05) is 0 Å². The van der Waals surface area contributed by atoms with Gasteiger partial charge in [0.2, 0.25) is 5.91 Å².